The highest BCUT2D eigenvalue weighted by atomic mass is 15.1. The van der Waals surface area contributed by atoms with Crippen LogP contribution in [0.4, 0.5) is 0 Å². The average molecular weight is 275 g/mol. The molecular weight excluding hydrogens is 258 g/mol. The topological polar surface area (TPSA) is 41.6 Å². The van der Waals surface area contributed by atoms with Gasteiger partial charge < -0.3 is 0 Å². The Morgan fingerprint density at radius 3 is 2.33 bits per heavy atom. The van der Waals surface area contributed by atoms with Gasteiger partial charge in [0.05, 0.1) is 5.69 Å². The number of H-pyrrole nitrogens is 1. The van der Waals surface area contributed by atoms with Gasteiger partial charge in [-0.1, -0.05) is 42.0 Å². The van der Waals surface area contributed by atoms with Crippen LogP contribution in [0.15, 0.2) is 48.7 Å². The third kappa shape index (κ3) is 3.26. The van der Waals surface area contributed by atoms with Gasteiger partial charge in [-0.15, -0.1) is 0 Å². The average Bonchev–Trinajstić information content (AvgIpc) is 2.94. The van der Waals surface area contributed by atoms with E-state index in [0.717, 1.165) is 22.6 Å². The number of benzene rings is 1. The van der Waals surface area contributed by atoms with Crippen LogP contribution in [0.25, 0.3) is 23.5 Å². The summed E-state index contributed by atoms with van der Waals surface area (Å²) in [6.07, 6.45) is 6.01. The van der Waals surface area contributed by atoms with E-state index < -0.39 is 0 Å². The van der Waals surface area contributed by atoms with Gasteiger partial charge in [0.2, 0.25) is 0 Å². The third-order valence-electron chi connectivity index (χ3n) is 3.30. The van der Waals surface area contributed by atoms with E-state index in [-0.39, 0.29) is 0 Å². The summed E-state index contributed by atoms with van der Waals surface area (Å²) in [7, 11) is 0. The van der Waals surface area contributed by atoms with E-state index in [0.29, 0.717) is 0 Å². The van der Waals surface area contributed by atoms with E-state index in [2.05, 4.69) is 58.5 Å². The number of rotatable bonds is 3. The van der Waals surface area contributed by atoms with Crippen LogP contribution in [0, 0.1) is 13.8 Å². The standard InChI is InChI=1S/C18H17N3/c1-13-3-5-15(6-4-13)7-8-16-9-10-19-17(12-16)18-11-14(2)20-21-18/h3-12H,1-2H3,(H,20,21)/b8-7+. The van der Waals surface area contributed by atoms with Crippen molar-refractivity contribution in [3.05, 3.63) is 71.0 Å². The predicted molar refractivity (Wildman–Crippen MR) is 86.7 cm³/mol. The fourth-order valence-corrected chi connectivity index (χ4v) is 2.11. The lowest BCUT2D eigenvalue weighted by Crippen LogP contribution is -1.84. The summed E-state index contributed by atoms with van der Waals surface area (Å²) >= 11 is 0. The number of aryl methyl sites for hydroxylation is 2. The molecule has 0 fully saturated rings. The summed E-state index contributed by atoms with van der Waals surface area (Å²) in [6.45, 7) is 4.08. The van der Waals surface area contributed by atoms with E-state index in [1.54, 1.807) is 0 Å². The van der Waals surface area contributed by atoms with Gasteiger partial charge in [0.25, 0.3) is 0 Å². The Kier molecular flexibility index (Phi) is 3.65. The van der Waals surface area contributed by atoms with E-state index in [1.807, 2.05) is 31.3 Å². The molecule has 0 saturated carbocycles. The first kappa shape index (κ1) is 13.3. The van der Waals surface area contributed by atoms with Crippen molar-refractivity contribution in [2.24, 2.45) is 0 Å². The van der Waals surface area contributed by atoms with Crippen LogP contribution in [0.5, 0.6) is 0 Å². The molecule has 2 heterocycles. The minimum absolute atomic E-state index is 0.873. The summed E-state index contributed by atoms with van der Waals surface area (Å²) in [6, 6.07) is 14.5. The number of nitrogens with zero attached hydrogens (tertiary/aromatic N) is 2. The van der Waals surface area contributed by atoms with Crippen LogP contribution < -0.4 is 0 Å². The Morgan fingerprint density at radius 2 is 1.62 bits per heavy atom. The molecule has 0 unspecified atom stereocenters. The molecule has 1 aromatic carbocycles. The molecule has 0 radical (unpaired) electrons. The van der Waals surface area contributed by atoms with Gasteiger partial charge in [0.15, 0.2) is 0 Å². The smallest absolute Gasteiger partial charge is 0.111 e. The van der Waals surface area contributed by atoms with Gasteiger partial charge in [-0.25, -0.2) is 0 Å². The number of pyridine rings is 1. The summed E-state index contributed by atoms with van der Waals surface area (Å²) < 4.78 is 0. The monoisotopic (exact) mass is 275 g/mol. The molecule has 0 aliphatic heterocycles. The number of aromatic amines is 1. The van der Waals surface area contributed by atoms with Crippen molar-refractivity contribution in [3.8, 4) is 11.4 Å². The molecule has 2 aromatic heterocycles. The van der Waals surface area contributed by atoms with E-state index in [1.165, 1.54) is 11.1 Å². The highest BCUT2D eigenvalue weighted by Gasteiger charge is 2.03. The molecule has 3 rings (SSSR count). The van der Waals surface area contributed by atoms with Gasteiger partial charge in [0.1, 0.15) is 5.69 Å². The van der Waals surface area contributed by atoms with Gasteiger partial charge in [0, 0.05) is 11.9 Å². The minimum Gasteiger partial charge on any atom is -0.282 e. The number of hydrogen-bond donors (Lipinski definition) is 1. The molecule has 0 saturated heterocycles. The fraction of sp³-hybridized carbons (Fsp3) is 0.111. The minimum atomic E-state index is 0.873. The van der Waals surface area contributed by atoms with Crippen molar-refractivity contribution in [3.63, 3.8) is 0 Å². The van der Waals surface area contributed by atoms with Crippen molar-refractivity contribution >= 4 is 12.2 Å². The van der Waals surface area contributed by atoms with Crippen molar-refractivity contribution in [1.82, 2.24) is 15.2 Å². The highest BCUT2D eigenvalue weighted by Crippen LogP contribution is 2.17. The Balaban J connectivity index is 1.84. The first-order chi connectivity index (χ1) is 10.2. The lowest BCUT2D eigenvalue weighted by atomic mass is 10.1. The predicted octanol–water partition coefficient (Wildman–Crippen LogP) is 4.26. The first-order valence-electron chi connectivity index (χ1n) is 6.94. The molecule has 3 heteroatoms. The maximum absolute atomic E-state index is 4.37. The third-order valence-corrected chi connectivity index (χ3v) is 3.30. The van der Waals surface area contributed by atoms with Crippen LogP contribution in [0.2, 0.25) is 0 Å². The molecule has 0 bridgehead atoms. The van der Waals surface area contributed by atoms with Crippen molar-refractivity contribution in [2.45, 2.75) is 13.8 Å². The SMILES string of the molecule is Cc1ccc(/C=C/c2ccnc(-c3cc(C)[nH]n3)c2)cc1. The zero-order valence-electron chi connectivity index (χ0n) is 12.2. The largest absolute Gasteiger partial charge is 0.282 e. The van der Waals surface area contributed by atoms with Crippen LogP contribution in [0.3, 0.4) is 0 Å². The second-order valence-corrected chi connectivity index (χ2v) is 5.15. The number of hydrogen-bond acceptors (Lipinski definition) is 2. The molecule has 104 valence electrons. The van der Waals surface area contributed by atoms with Gasteiger partial charge >= 0.3 is 0 Å². The van der Waals surface area contributed by atoms with Crippen molar-refractivity contribution < 1.29 is 0 Å². The fourth-order valence-electron chi connectivity index (χ4n) is 2.11. The Labute approximate surface area is 124 Å². The summed E-state index contributed by atoms with van der Waals surface area (Å²) in [4.78, 5) is 4.37. The molecule has 3 nitrogen and oxygen atoms in total. The zero-order chi connectivity index (χ0) is 14.7. The molecule has 0 aliphatic carbocycles. The normalized spacial score (nSPS) is 11.1. The quantitative estimate of drug-likeness (QED) is 0.776. The van der Waals surface area contributed by atoms with Crippen LogP contribution >= 0.6 is 0 Å². The maximum Gasteiger partial charge on any atom is 0.111 e. The molecule has 0 spiro atoms. The summed E-state index contributed by atoms with van der Waals surface area (Å²) in [5.74, 6) is 0. The highest BCUT2D eigenvalue weighted by molar-refractivity contribution is 5.71. The molecule has 1 N–H and O–H groups in total. The van der Waals surface area contributed by atoms with Crippen LogP contribution in [-0.4, -0.2) is 15.2 Å². The Bertz CT molecular complexity index is 767. The second-order valence-electron chi connectivity index (χ2n) is 5.15. The molecular formula is C18H17N3. The van der Waals surface area contributed by atoms with E-state index in [9.17, 15) is 0 Å². The van der Waals surface area contributed by atoms with Crippen LogP contribution in [0.1, 0.15) is 22.4 Å². The molecule has 0 aliphatic rings. The van der Waals surface area contributed by atoms with E-state index >= 15 is 0 Å². The first-order valence-corrected chi connectivity index (χ1v) is 6.94. The zero-order valence-corrected chi connectivity index (χ0v) is 12.2. The molecule has 0 amide bonds. The van der Waals surface area contributed by atoms with Gasteiger partial charge in [-0.2, -0.15) is 5.10 Å². The van der Waals surface area contributed by atoms with Crippen molar-refractivity contribution in [1.29, 1.82) is 0 Å². The van der Waals surface area contributed by atoms with Crippen molar-refractivity contribution in [2.75, 3.05) is 0 Å². The molecule has 0 atom stereocenters. The lowest BCUT2D eigenvalue weighted by Gasteiger charge is -1.98. The van der Waals surface area contributed by atoms with Crippen LogP contribution in [-0.2, 0) is 0 Å². The molecule has 3 aromatic rings. The molecule has 21 heavy (non-hydrogen) atoms. The van der Waals surface area contributed by atoms with Gasteiger partial charge in [-0.3, -0.25) is 10.1 Å². The number of aromatic nitrogens is 3. The lowest BCUT2D eigenvalue weighted by molar-refractivity contribution is 1.04. The maximum atomic E-state index is 4.37. The number of nitrogens with one attached hydrogen (secondary N) is 1. The summed E-state index contributed by atoms with van der Waals surface area (Å²) in [5.41, 5.74) is 6.36. The van der Waals surface area contributed by atoms with Gasteiger partial charge in [-0.05, 0) is 43.2 Å². The Hall–Kier alpha value is -2.68. The Morgan fingerprint density at radius 1 is 0.857 bits per heavy atom. The summed E-state index contributed by atoms with van der Waals surface area (Å²) in [5, 5.41) is 7.19. The van der Waals surface area contributed by atoms with E-state index in [4.69, 9.17) is 0 Å². The second kappa shape index (κ2) is 5.75.